The Labute approximate surface area is 235 Å². The highest BCUT2D eigenvalue weighted by Crippen LogP contribution is 2.11. The molecular formula is C28H55N5O6. The van der Waals surface area contributed by atoms with Gasteiger partial charge in [0, 0.05) is 13.1 Å². The van der Waals surface area contributed by atoms with Crippen molar-refractivity contribution >= 4 is 24.0 Å². The van der Waals surface area contributed by atoms with E-state index in [-0.39, 0.29) is 23.7 Å². The van der Waals surface area contributed by atoms with Gasteiger partial charge in [-0.3, -0.25) is 9.59 Å². The fourth-order valence-corrected chi connectivity index (χ4v) is 3.53. The molecule has 39 heavy (non-hydrogen) atoms. The Morgan fingerprint density at radius 2 is 0.923 bits per heavy atom. The third-order valence-corrected chi connectivity index (χ3v) is 5.09. The summed E-state index contributed by atoms with van der Waals surface area (Å²) in [7, 11) is 0. The van der Waals surface area contributed by atoms with Crippen LogP contribution in [0, 0.1) is 11.8 Å². The van der Waals surface area contributed by atoms with Gasteiger partial charge in [0.15, 0.2) is 0 Å². The molecule has 228 valence electrons. The van der Waals surface area contributed by atoms with Gasteiger partial charge in [0.2, 0.25) is 11.8 Å². The molecule has 2 atom stereocenters. The molecule has 0 unspecified atom stereocenters. The molecule has 0 aliphatic heterocycles. The van der Waals surface area contributed by atoms with Gasteiger partial charge in [0.25, 0.3) is 0 Å². The van der Waals surface area contributed by atoms with E-state index in [1.807, 2.05) is 27.7 Å². The van der Waals surface area contributed by atoms with Crippen LogP contribution in [0.1, 0.15) is 94.9 Å². The van der Waals surface area contributed by atoms with Crippen LogP contribution < -0.4 is 26.6 Å². The summed E-state index contributed by atoms with van der Waals surface area (Å²) in [6.45, 7) is 21.0. The Kier molecular flexibility index (Phi) is 16.7. The normalized spacial score (nSPS) is 13.4. The second kappa shape index (κ2) is 17.9. The molecule has 0 aliphatic carbocycles. The molecule has 4 amide bonds. The zero-order chi connectivity index (χ0) is 30.2. The van der Waals surface area contributed by atoms with Crippen molar-refractivity contribution in [2.45, 2.75) is 118 Å². The van der Waals surface area contributed by atoms with Crippen molar-refractivity contribution in [3.63, 3.8) is 0 Å². The lowest BCUT2D eigenvalue weighted by Gasteiger charge is -2.24. The van der Waals surface area contributed by atoms with Crippen LogP contribution in [0.4, 0.5) is 9.59 Å². The molecular weight excluding hydrogens is 502 g/mol. The number of hydrogen-bond acceptors (Lipinski definition) is 7. The highest BCUT2D eigenvalue weighted by molar-refractivity contribution is 5.86. The lowest BCUT2D eigenvalue weighted by molar-refractivity contribution is -0.124. The van der Waals surface area contributed by atoms with Crippen LogP contribution in [0.25, 0.3) is 0 Å². The van der Waals surface area contributed by atoms with Crippen LogP contribution in [0.15, 0.2) is 0 Å². The maximum absolute atomic E-state index is 12.6. The van der Waals surface area contributed by atoms with Gasteiger partial charge in [-0.2, -0.15) is 0 Å². The summed E-state index contributed by atoms with van der Waals surface area (Å²) in [5, 5.41) is 14.4. The molecule has 0 heterocycles. The Hall–Kier alpha value is -2.56. The molecule has 0 aromatic heterocycles. The third-order valence-electron chi connectivity index (χ3n) is 5.09. The van der Waals surface area contributed by atoms with Crippen molar-refractivity contribution in [2.75, 3.05) is 26.2 Å². The van der Waals surface area contributed by atoms with Gasteiger partial charge >= 0.3 is 12.2 Å². The summed E-state index contributed by atoms with van der Waals surface area (Å²) in [5.41, 5.74) is -1.27. The largest absolute Gasteiger partial charge is 0.444 e. The average Bonchev–Trinajstić information content (AvgIpc) is 2.73. The molecule has 0 saturated carbocycles. The Morgan fingerprint density at radius 3 is 1.21 bits per heavy atom. The average molecular weight is 558 g/mol. The number of carbonyl (C=O) groups excluding carboxylic acids is 4. The predicted molar refractivity (Wildman–Crippen MR) is 153 cm³/mol. The van der Waals surface area contributed by atoms with Crippen LogP contribution >= 0.6 is 0 Å². The van der Waals surface area contributed by atoms with E-state index in [1.54, 1.807) is 41.5 Å². The van der Waals surface area contributed by atoms with E-state index in [1.165, 1.54) is 0 Å². The summed E-state index contributed by atoms with van der Waals surface area (Å²) in [6.07, 6.45) is 1.26. The summed E-state index contributed by atoms with van der Waals surface area (Å²) in [6, 6.07) is -1.30. The van der Waals surface area contributed by atoms with Gasteiger partial charge in [-0.1, -0.05) is 27.7 Å². The summed E-state index contributed by atoms with van der Waals surface area (Å²) in [5.74, 6) is -0.000365. The number of alkyl carbamates (subject to hydrolysis) is 2. The first kappa shape index (κ1) is 36.4. The maximum atomic E-state index is 12.6. The van der Waals surface area contributed by atoms with Crippen molar-refractivity contribution in [3.8, 4) is 0 Å². The zero-order valence-electron chi connectivity index (χ0n) is 25.9. The first-order chi connectivity index (χ1) is 17.9. The quantitative estimate of drug-likeness (QED) is 0.183. The Morgan fingerprint density at radius 1 is 0.590 bits per heavy atom. The number of hydrogen-bond donors (Lipinski definition) is 5. The molecule has 0 spiro atoms. The van der Waals surface area contributed by atoms with E-state index < -0.39 is 35.5 Å². The summed E-state index contributed by atoms with van der Waals surface area (Å²) < 4.78 is 10.6. The maximum Gasteiger partial charge on any atom is 0.408 e. The highest BCUT2D eigenvalue weighted by atomic mass is 16.6. The van der Waals surface area contributed by atoms with E-state index in [0.717, 1.165) is 12.8 Å². The van der Waals surface area contributed by atoms with E-state index in [9.17, 15) is 19.2 Å². The van der Waals surface area contributed by atoms with E-state index in [4.69, 9.17) is 9.47 Å². The fourth-order valence-electron chi connectivity index (χ4n) is 3.53. The molecule has 0 saturated heterocycles. The Balaban J connectivity index is 4.29. The molecule has 0 fully saturated rings. The molecule has 0 aromatic rings. The molecule has 11 heteroatoms. The van der Waals surface area contributed by atoms with Gasteiger partial charge in [0.05, 0.1) is 0 Å². The second-order valence-electron chi connectivity index (χ2n) is 12.7. The van der Waals surface area contributed by atoms with E-state index in [2.05, 4.69) is 26.6 Å². The molecule has 0 aliphatic rings. The first-order valence-electron chi connectivity index (χ1n) is 14.1. The fraction of sp³-hybridized carbons (Fsp3) is 0.857. The van der Waals surface area contributed by atoms with E-state index in [0.29, 0.717) is 39.0 Å². The third kappa shape index (κ3) is 21.0. The van der Waals surface area contributed by atoms with Crippen molar-refractivity contribution < 1.29 is 28.7 Å². The number of ether oxygens (including phenoxy) is 2. The van der Waals surface area contributed by atoms with Crippen molar-refractivity contribution in [1.29, 1.82) is 0 Å². The lowest BCUT2D eigenvalue weighted by Crippen LogP contribution is -2.49. The number of amides is 4. The van der Waals surface area contributed by atoms with Gasteiger partial charge in [0.1, 0.15) is 23.3 Å². The molecule has 0 radical (unpaired) electrons. The first-order valence-corrected chi connectivity index (χ1v) is 14.1. The predicted octanol–water partition coefficient (Wildman–Crippen LogP) is 3.47. The second-order valence-corrected chi connectivity index (χ2v) is 12.7. The lowest BCUT2D eigenvalue weighted by atomic mass is 10.0. The van der Waals surface area contributed by atoms with Gasteiger partial charge in [-0.05, 0) is 92.2 Å². The SMILES string of the molecule is CC(C)C[C@@H](NC(=O)OC(C)(C)C)C(=O)NCCCNCCCNC(=O)[C@@H](CC(C)C)NC(=O)OC(C)(C)C. The molecule has 11 nitrogen and oxygen atoms in total. The standard InChI is InChI=1S/C28H55N5O6/c1-19(2)17-21(32-25(36)38-27(5,6)7)23(34)30-15-11-13-29-14-12-16-31-24(35)22(18-20(3)4)33-26(37)39-28(8,9)10/h19-22,29H,11-18H2,1-10H3,(H,30,34)(H,31,35)(H,32,36)(H,33,37)/t21-,22-/m1/s1. The van der Waals surface area contributed by atoms with Crippen molar-refractivity contribution in [2.24, 2.45) is 11.8 Å². The topological polar surface area (TPSA) is 147 Å². The molecule has 0 bridgehead atoms. The van der Waals surface area contributed by atoms with Crippen molar-refractivity contribution in [3.05, 3.63) is 0 Å². The minimum absolute atomic E-state index is 0.228. The van der Waals surface area contributed by atoms with Gasteiger partial charge in [-0.25, -0.2) is 9.59 Å². The number of rotatable bonds is 16. The van der Waals surface area contributed by atoms with Crippen LogP contribution in [-0.4, -0.2) is 73.5 Å². The van der Waals surface area contributed by atoms with Crippen LogP contribution in [0.5, 0.6) is 0 Å². The monoisotopic (exact) mass is 557 g/mol. The van der Waals surface area contributed by atoms with Crippen LogP contribution in [0.2, 0.25) is 0 Å². The number of nitrogens with one attached hydrogen (secondary N) is 5. The van der Waals surface area contributed by atoms with Crippen LogP contribution in [-0.2, 0) is 19.1 Å². The summed E-state index contributed by atoms with van der Waals surface area (Å²) >= 11 is 0. The zero-order valence-corrected chi connectivity index (χ0v) is 25.9. The highest BCUT2D eigenvalue weighted by Gasteiger charge is 2.26. The smallest absolute Gasteiger partial charge is 0.408 e. The van der Waals surface area contributed by atoms with E-state index >= 15 is 0 Å². The number of carbonyl (C=O) groups is 4. The summed E-state index contributed by atoms with van der Waals surface area (Å²) in [4.78, 5) is 49.4. The molecule has 0 rings (SSSR count). The van der Waals surface area contributed by atoms with Gasteiger partial charge in [-0.15, -0.1) is 0 Å². The van der Waals surface area contributed by atoms with Crippen molar-refractivity contribution in [1.82, 2.24) is 26.6 Å². The minimum Gasteiger partial charge on any atom is -0.444 e. The molecule has 0 aromatic carbocycles. The Bertz CT molecular complexity index is 697. The van der Waals surface area contributed by atoms with Gasteiger partial charge < -0.3 is 36.1 Å². The minimum atomic E-state index is -0.652. The van der Waals surface area contributed by atoms with Crippen LogP contribution in [0.3, 0.4) is 0 Å². The molecule has 5 N–H and O–H groups in total.